The highest BCUT2D eigenvalue weighted by Crippen LogP contribution is 2.19. The molecule has 112 valence electrons. The molecule has 0 unspecified atom stereocenters. The summed E-state index contributed by atoms with van der Waals surface area (Å²) in [6, 6.07) is 5.00. The van der Waals surface area contributed by atoms with Gasteiger partial charge in [0.05, 0.1) is 18.8 Å². The van der Waals surface area contributed by atoms with Crippen LogP contribution >= 0.6 is 0 Å². The first kappa shape index (κ1) is 16.4. The SMILES string of the molecule is CNCc1ccc(N(C)CC(=O)NCCOC)c(F)c1. The Morgan fingerprint density at radius 2 is 2.20 bits per heavy atom. The molecule has 0 aliphatic carbocycles. The maximum absolute atomic E-state index is 14.0. The first-order valence-electron chi connectivity index (χ1n) is 6.48. The molecule has 0 aromatic heterocycles. The van der Waals surface area contributed by atoms with Crippen LogP contribution in [0.15, 0.2) is 18.2 Å². The van der Waals surface area contributed by atoms with E-state index in [-0.39, 0.29) is 18.3 Å². The molecule has 2 N–H and O–H groups in total. The summed E-state index contributed by atoms with van der Waals surface area (Å²) < 4.78 is 18.8. The Morgan fingerprint density at radius 3 is 2.80 bits per heavy atom. The first-order chi connectivity index (χ1) is 9.58. The van der Waals surface area contributed by atoms with Gasteiger partial charge in [-0.1, -0.05) is 6.07 Å². The predicted molar refractivity (Wildman–Crippen MR) is 77.3 cm³/mol. The van der Waals surface area contributed by atoms with E-state index in [0.29, 0.717) is 25.4 Å². The summed E-state index contributed by atoms with van der Waals surface area (Å²) in [5.74, 6) is -0.492. The van der Waals surface area contributed by atoms with Gasteiger partial charge in [0, 0.05) is 27.2 Å². The van der Waals surface area contributed by atoms with E-state index >= 15 is 0 Å². The Hall–Kier alpha value is -1.66. The lowest BCUT2D eigenvalue weighted by atomic mass is 10.2. The van der Waals surface area contributed by atoms with Crippen molar-refractivity contribution in [2.75, 3.05) is 45.8 Å². The number of nitrogens with zero attached hydrogens (tertiary/aromatic N) is 1. The minimum absolute atomic E-state index is 0.103. The maximum atomic E-state index is 14.0. The molecule has 1 aromatic rings. The van der Waals surface area contributed by atoms with Gasteiger partial charge in [-0.3, -0.25) is 4.79 Å². The molecule has 1 aromatic carbocycles. The van der Waals surface area contributed by atoms with Crippen molar-refractivity contribution in [2.45, 2.75) is 6.54 Å². The summed E-state index contributed by atoms with van der Waals surface area (Å²) >= 11 is 0. The molecule has 0 atom stereocenters. The number of ether oxygens (including phenoxy) is 1. The van der Waals surface area contributed by atoms with Gasteiger partial charge in [-0.25, -0.2) is 4.39 Å². The molecule has 0 aliphatic rings. The zero-order chi connectivity index (χ0) is 15.0. The van der Waals surface area contributed by atoms with Crippen molar-refractivity contribution >= 4 is 11.6 Å². The van der Waals surface area contributed by atoms with Gasteiger partial charge in [0.1, 0.15) is 5.82 Å². The van der Waals surface area contributed by atoms with Crippen LogP contribution in [0.1, 0.15) is 5.56 Å². The van der Waals surface area contributed by atoms with Crippen LogP contribution in [0.3, 0.4) is 0 Å². The Bertz CT molecular complexity index is 440. The van der Waals surface area contributed by atoms with Crippen molar-refractivity contribution in [3.05, 3.63) is 29.6 Å². The van der Waals surface area contributed by atoms with Crippen molar-refractivity contribution < 1.29 is 13.9 Å². The summed E-state index contributed by atoms with van der Waals surface area (Å²) in [7, 11) is 5.06. The molecule has 0 bridgehead atoms. The molecule has 0 saturated carbocycles. The number of halogens is 1. The van der Waals surface area contributed by atoms with Crippen LogP contribution in [0.2, 0.25) is 0 Å². The summed E-state index contributed by atoms with van der Waals surface area (Å²) in [6.45, 7) is 1.62. The van der Waals surface area contributed by atoms with E-state index in [4.69, 9.17) is 4.74 Å². The van der Waals surface area contributed by atoms with E-state index < -0.39 is 0 Å². The molecule has 0 saturated heterocycles. The standard InChI is InChI=1S/C14H22FN3O2/c1-16-9-11-4-5-13(12(15)8-11)18(2)10-14(19)17-6-7-20-3/h4-5,8,16H,6-7,9-10H2,1-3H3,(H,17,19). The van der Waals surface area contributed by atoms with Crippen molar-refractivity contribution in [3.8, 4) is 0 Å². The van der Waals surface area contributed by atoms with Crippen LogP contribution in [-0.4, -0.2) is 46.8 Å². The summed E-state index contributed by atoms with van der Waals surface area (Å²) in [5, 5.41) is 5.66. The normalized spacial score (nSPS) is 10.4. The van der Waals surface area contributed by atoms with E-state index in [0.717, 1.165) is 5.56 Å². The van der Waals surface area contributed by atoms with Gasteiger partial charge < -0.3 is 20.3 Å². The van der Waals surface area contributed by atoms with Crippen molar-refractivity contribution in [2.24, 2.45) is 0 Å². The second kappa shape index (κ2) is 8.50. The number of benzene rings is 1. The smallest absolute Gasteiger partial charge is 0.239 e. The van der Waals surface area contributed by atoms with Crippen LogP contribution in [0, 0.1) is 5.82 Å². The quantitative estimate of drug-likeness (QED) is 0.691. The van der Waals surface area contributed by atoms with E-state index in [1.165, 1.54) is 6.07 Å². The number of methoxy groups -OCH3 is 1. The van der Waals surface area contributed by atoms with Crippen LogP contribution in [0.25, 0.3) is 0 Å². The molecular weight excluding hydrogens is 261 g/mol. The predicted octanol–water partition coefficient (Wildman–Crippen LogP) is 0.744. The van der Waals surface area contributed by atoms with Crippen molar-refractivity contribution in [1.82, 2.24) is 10.6 Å². The van der Waals surface area contributed by atoms with Crippen LogP contribution in [-0.2, 0) is 16.1 Å². The van der Waals surface area contributed by atoms with Crippen molar-refractivity contribution in [1.29, 1.82) is 0 Å². The molecule has 6 heteroatoms. The van der Waals surface area contributed by atoms with Crippen LogP contribution < -0.4 is 15.5 Å². The number of carbonyl (C=O) groups is 1. The average molecular weight is 283 g/mol. The highest BCUT2D eigenvalue weighted by atomic mass is 19.1. The fraction of sp³-hybridized carbons (Fsp3) is 0.500. The monoisotopic (exact) mass is 283 g/mol. The third-order valence-corrected chi connectivity index (χ3v) is 2.81. The van der Waals surface area contributed by atoms with E-state index in [1.807, 2.05) is 13.1 Å². The average Bonchev–Trinajstić information content (AvgIpc) is 2.39. The molecule has 1 amide bonds. The summed E-state index contributed by atoms with van der Waals surface area (Å²) in [6.07, 6.45) is 0. The van der Waals surface area contributed by atoms with E-state index in [9.17, 15) is 9.18 Å². The molecule has 0 radical (unpaired) electrons. The van der Waals surface area contributed by atoms with Crippen LogP contribution in [0.5, 0.6) is 0 Å². The summed E-state index contributed by atoms with van der Waals surface area (Å²) in [4.78, 5) is 13.2. The molecule has 5 nitrogen and oxygen atoms in total. The molecular formula is C14H22FN3O2. The number of anilines is 1. The fourth-order valence-electron chi connectivity index (χ4n) is 1.82. The number of rotatable bonds is 8. The van der Waals surface area contributed by atoms with Gasteiger partial charge in [-0.15, -0.1) is 0 Å². The van der Waals surface area contributed by atoms with E-state index in [1.54, 1.807) is 25.1 Å². The van der Waals surface area contributed by atoms with Gasteiger partial charge in [0.15, 0.2) is 0 Å². The Balaban J connectivity index is 2.58. The third-order valence-electron chi connectivity index (χ3n) is 2.81. The minimum Gasteiger partial charge on any atom is -0.383 e. The fourth-order valence-corrected chi connectivity index (χ4v) is 1.82. The van der Waals surface area contributed by atoms with Gasteiger partial charge >= 0.3 is 0 Å². The Labute approximate surface area is 119 Å². The topological polar surface area (TPSA) is 53.6 Å². The lowest BCUT2D eigenvalue weighted by Crippen LogP contribution is -2.37. The number of carbonyl (C=O) groups excluding carboxylic acids is 1. The molecule has 20 heavy (non-hydrogen) atoms. The number of amides is 1. The largest absolute Gasteiger partial charge is 0.383 e. The van der Waals surface area contributed by atoms with Crippen molar-refractivity contribution in [3.63, 3.8) is 0 Å². The number of hydrogen-bond donors (Lipinski definition) is 2. The highest BCUT2D eigenvalue weighted by molar-refractivity contribution is 5.81. The lowest BCUT2D eigenvalue weighted by molar-refractivity contribution is -0.119. The highest BCUT2D eigenvalue weighted by Gasteiger charge is 2.11. The zero-order valence-electron chi connectivity index (χ0n) is 12.2. The molecule has 0 spiro atoms. The van der Waals surface area contributed by atoms with Gasteiger partial charge in [0.2, 0.25) is 5.91 Å². The number of nitrogens with one attached hydrogen (secondary N) is 2. The summed E-state index contributed by atoms with van der Waals surface area (Å²) in [5.41, 5.74) is 1.28. The molecule has 0 fully saturated rings. The molecule has 1 rings (SSSR count). The second-order valence-electron chi connectivity index (χ2n) is 4.51. The first-order valence-corrected chi connectivity index (χ1v) is 6.48. The maximum Gasteiger partial charge on any atom is 0.239 e. The number of likely N-dealkylation sites (N-methyl/N-ethyl adjacent to an activating group) is 1. The second-order valence-corrected chi connectivity index (χ2v) is 4.51. The molecule has 0 heterocycles. The third kappa shape index (κ3) is 5.14. The van der Waals surface area contributed by atoms with Gasteiger partial charge in [-0.05, 0) is 24.7 Å². The lowest BCUT2D eigenvalue weighted by Gasteiger charge is -2.20. The minimum atomic E-state index is -0.329. The molecule has 0 aliphatic heterocycles. The van der Waals surface area contributed by atoms with Gasteiger partial charge in [-0.2, -0.15) is 0 Å². The Kier molecular flexibility index (Phi) is 6.97. The zero-order valence-corrected chi connectivity index (χ0v) is 12.2. The van der Waals surface area contributed by atoms with Crippen LogP contribution in [0.4, 0.5) is 10.1 Å². The van der Waals surface area contributed by atoms with E-state index in [2.05, 4.69) is 10.6 Å². The Morgan fingerprint density at radius 1 is 1.45 bits per heavy atom. The van der Waals surface area contributed by atoms with Gasteiger partial charge in [0.25, 0.3) is 0 Å². The number of hydrogen-bond acceptors (Lipinski definition) is 4.